The molecule has 1 nitrogen and oxygen atoms in total. The molecule has 0 heterocycles. The summed E-state index contributed by atoms with van der Waals surface area (Å²) in [4.78, 5) is 0. The van der Waals surface area contributed by atoms with Gasteiger partial charge in [0.25, 0.3) is 0 Å². The Morgan fingerprint density at radius 3 is 2.33 bits per heavy atom. The van der Waals surface area contributed by atoms with Gasteiger partial charge in [-0.1, -0.05) is 13.0 Å². The fourth-order valence-electron chi connectivity index (χ4n) is 2.91. The van der Waals surface area contributed by atoms with E-state index < -0.39 is 12.1 Å². The lowest BCUT2D eigenvalue weighted by Gasteiger charge is -2.35. The average molecular weight is 263 g/mol. The number of hydrogen-bond donors (Lipinski definition) is 1. The van der Waals surface area contributed by atoms with Crippen LogP contribution in [0.2, 0.25) is 0 Å². The molecule has 4 heteroatoms. The van der Waals surface area contributed by atoms with Crippen LogP contribution in [0.3, 0.4) is 0 Å². The van der Waals surface area contributed by atoms with E-state index >= 15 is 0 Å². The predicted octanol–water partition coefficient (Wildman–Crippen LogP) is 4.30. The van der Waals surface area contributed by atoms with Gasteiger partial charge in [-0.25, -0.2) is 0 Å². The van der Waals surface area contributed by atoms with Gasteiger partial charge >= 0.3 is 6.18 Å². The van der Waals surface area contributed by atoms with E-state index in [1.807, 2.05) is 13.0 Å². The van der Waals surface area contributed by atoms with Crippen molar-refractivity contribution in [2.45, 2.75) is 57.7 Å². The minimum Gasteiger partial charge on any atom is -0.314 e. The van der Waals surface area contributed by atoms with Crippen LogP contribution in [-0.2, 0) is 0 Å². The van der Waals surface area contributed by atoms with Crippen LogP contribution in [0.15, 0.2) is 12.7 Å². The van der Waals surface area contributed by atoms with E-state index in [-0.39, 0.29) is 0 Å². The highest BCUT2D eigenvalue weighted by atomic mass is 19.4. The summed E-state index contributed by atoms with van der Waals surface area (Å²) < 4.78 is 37.8. The standard InChI is InChI=1S/C14H24F3N/c1-3-5-6-13(18-4-2)11-7-9-12(10-8-11)14(15,16)17/h3,11-13,18H,1,4-10H2,2H3. The van der Waals surface area contributed by atoms with Crippen molar-refractivity contribution >= 4 is 0 Å². The van der Waals surface area contributed by atoms with E-state index in [4.69, 9.17) is 0 Å². The maximum atomic E-state index is 12.6. The average Bonchev–Trinajstić information content (AvgIpc) is 2.33. The summed E-state index contributed by atoms with van der Waals surface area (Å²) in [6.45, 7) is 6.63. The van der Waals surface area contributed by atoms with Gasteiger partial charge in [0.1, 0.15) is 0 Å². The molecule has 1 unspecified atom stereocenters. The summed E-state index contributed by atoms with van der Waals surface area (Å²) in [7, 11) is 0. The molecule has 1 saturated carbocycles. The second-order valence-corrected chi connectivity index (χ2v) is 5.18. The molecule has 1 N–H and O–H groups in total. The largest absolute Gasteiger partial charge is 0.391 e. The zero-order chi connectivity index (χ0) is 13.6. The number of rotatable bonds is 6. The van der Waals surface area contributed by atoms with Crippen LogP contribution in [-0.4, -0.2) is 18.8 Å². The lowest BCUT2D eigenvalue weighted by atomic mass is 9.77. The van der Waals surface area contributed by atoms with Crippen molar-refractivity contribution in [1.29, 1.82) is 0 Å². The SMILES string of the molecule is C=CCCC(NCC)C1CCC(C(F)(F)F)CC1. The highest BCUT2D eigenvalue weighted by Gasteiger charge is 2.42. The summed E-state index contributed by atoms with van der Waals surface area (Å²) in [6.07, 6.45) is 1.77. The number of hydrogen-bond acceptors (Lipinski definition) is 1. The van der Waals surface area contributed by atoms with Crippen LogP contribution in [0.4, 0.5) is 13.2 Å². The van der Waals surface area contributed by atoms with Crippen LogP contribution in [0.1, 0.15) is 45.4 Å². The van der Waals surface area contributed by atoms with Crippen molar-refractivity contribution < 1.29 is 13.2 Å². The van der Waals surface area contributed by atoms with E-state index in [2.05, 4.69) is 11.9 Å². The Bertz CT molecular complexity index is 242. The van der Waals surface area contributed by atoms with Gasteiger partial charge in [-0.3, -0.25) is 0 Å². The van der Waals surface area contributed by atoms with Crippen molar-refractivity contribution in [3.8, 4) is 0 Å². The van der Waals surface area contributed by atoms with Crippen molar-refractivity contribution in [3.63, 3.8) is 0 Å². The highest BCUT2D eigenvalue weighted by molar-refractivity contribution is 4.85. The van der Waals surface area contributed by atoms with Crippen molar-refractivity contribution in [3.05, 3.63) is 12.7 Å². The van der Waals surface area contributed by atoms with Crippen LogP contribution >= 0.6 is 0 Å². The van der Waals surface area contributed by atoms with E-state index in [9.17, 15) is 13.2 Å². The van der Waals surface area contributed by atoms with E-state index in [0.717, 1.165) is 19.4 Å². The third kappa shape index (κ3) is 4.63. The third-order valence-electron chi connectivity index (χ3n) is 3.95. The van der Waals surface area contributed by atoms with Crippen LogP contribution in [0.5, 0.6) is 0 Å². The van der Waals surface area contributed by atoms with Crippen molar-refractivity contribution in [1.82, 2.24) is 5.32 Å². The molecular formula is C14H24F3N. The molecule has 0 aromatic rings. The summed E-state index contributed by atoms with van der Waals surface area (Å²) >= 11 is 0. The molecule has 0 aromatic heterocycles. The fraction of sp³-hybridized carbons (Fsp3) is 0.857. The molecule has 1 rings (SSSR count). The zero-order valence-electron chi connectivity index (χ0n) is 11.1. The zero-order valence-corrected chi connectivity index (χ0v) is 11.1. The van der Waals surface area contributed by atoms with E-state index in [1.165, 1.54) is 0 Å². The predicted molar refractivity (Wildman–Crippen MR) is 68.4 cm³/mol. The molecule has 0 aliphatic heterocycles. The van der Waals surface area contributed by atoms with Gasteiger partial charge in [-0.05, 0) is 51.0 Å². The minimum absolute atomic E-state index is 0.296. The van der Waals surface area contributed by atoms with Gasteiger partial charge in [0.2, 0.25) is 0 Å². The highest BCUT2D eigenvalue weighted by Crippen LogP contribution is 2.40. The molecular weight excluding hydrogens is 239 g/mol. The quantitative estimate of drug-likeness (QED) is 0.704. The van der Waals surface area contributed by atoms with Gasteiger partial charge in [-0.2, -0.15) is 13.2 Å². The molecule has 0 aromatic carbocycles. The van der Waals surface area contributed by atoms with Crippen LogP contribution in [0, 0.1) is 11.8 Å². The Morgan fingerprint density at radius 1 is 1.28 bits per heavy atom. The van der Waals surface area contributed by atoms with Crippen LogP contribution in [0.25, 0.3) is 0 Å². The number of halogens is 3. The summed E-state index contributed by atoms with van der Waals surface area (Å²) in [5.74, 6) is -0.682. The summed E-state index contributed by atoms with van der Waals surface area (Å²) in [5.41, 5.74) is 0. The Kier molecular flexibility index (Phi) is 6.19. The first kappa shape index (κ1) is 15.5. The lowest BCUT2D eigenvalue weighted by Crippen LogP contribution is -2.39. The second-order valence-electron chi connectivity index (χ2n) is 5.18. The topological polar surface area (TPSA) is 12.0 Å². The van der Waals surface area contributed by atoms with Gasteiger partial charge in [0, 0.05) is 6.04 Å². The molecule has 0 radical (unpaired) electrons. The van der Waals surface area contributed by atoms with Gasteiger partial charge in [0.05, 0.1) is 5.92 Å². The van der Waals surface area contributed by atoms with E-state index in [1.54, 1.807) is 0 Å². The molecule has 0 saturated heterocycles. The third-order valence-corrected chi connectivity index (χ3v) is 3.95. The molecule has 18 heavy (non-hydrogen) atoms. The van der Waals surface area contributed by atoms with Gasteiger partial charge < -0.3 is 5.32 Å². The molecule has 1 aliphatic rings. The Hall–Kier alpha value is -0.510. The fourth-order valence-corrected chi connectivity index (χ4v) is 2.91. The second kappa shape index (κ2) is 7.17. The smallest absolute Gasteiger partial charge is 0.314 e. The first-order valence-corrected chi connectivity index (χ1v) is 6.90. The first-order chi connectivity index (χ1) is 8.49. The molecule has 1 fully saturated rings. The molecule has 1 atom stereocenters. The van der Waals surface area contributed by atoms with Gasteiger partial charge in [-0.15, -0.1) is 6.58 Å². The normalized spacial score (nSPS) is 26.9. The van der Waals surface area contributed by atoms with Crippen LogP contribution < -0.4 is 5.32 Å². The summed E-state index contributed by atoms with van der Waals surface area (Å²) in [6, 6.07) is 0.349. The molecule has 0 amide bonds. The number of allylic oxidation sites excluding steroid dienone is 1. The Morgan fingerprint density at radius 2 is 1.89 bits per heavy atom. The van der Waals surface area contributed by atoms with E-state index in [0.29, 0.717) is 37.6 Å². The van der Waals surface area contributed by atoms with Crippen molar-refractivity contribution in [2.24, 2.45) is 11.8 Å². The van der Waals surface area contributed by atoms with Crippen molar-refractivity contribution in [2.75, 3.05) is 6.54 Å². The summed E-state index contributed by atoms with van der Waals surface area (Å²) in [5, 5.41) is 3.41. The molecule has 0 bridgehead atoms. The minimum atomic E-state index is -4.00. The maximum absolute atomic E-state index is 12.6. The lowest BCUT2D eigenvalue weighted by molar-refractivity contribution is -0.184. The molecule has 1 aliphatic carbocycles. The maximum Gasteiger partial charge on any atom is 0.391 e. The first-order valence-electron chi connectivity index (χ1n) is 6.90. The number of nitrogens with one attached hydrogen (secondary N) is 1. The number of alkyl halides is 3. The molecule has 0 spiro atoms. The Balaban J connectivity index is 2.45. The van der Waals surface area contributed by atoms with Gasteiger partial charge in [0.15, 0.2) is 0 Å². The monoisotopic (exact) mass is 263 g/mol. The Labute approximate surface area is 108 Å². The molecule has 106 valence electrons.